The monoisotopic (exact) mass is 332 g/mol. The first-order valence-corrected chi connectivity index (χ1v) is 7.71. The second-order valence-corrected chi connectivity index (χ2v) is 6.08. The summed E-state index contributed by atoms with van der Waals surface area (Å²) in [5, 5.41) is 4.13. The van der Waals surface area contributed by atoms with Crippen LogP contribution in [0.5, 0.6) is 5.75 Å². The molecule has 0 aliphatic rings. The average molecular weight is 333 g/mol. The number of nitrogen functional groups attached to an aromatic ring is 1. The van der Waals surface area contributed by atoms with Crippen LogP contribution in [-0.2, 0) is 0 Å². The van der Waals surface area contributed by atoms with Gasteiger partial charge in [0.2, 0.25) is 0 Å². The van der Waals surface area contributed by atoms with Crippen molar-refractivity contribution in [2.24, 2.45) is 0 Å². The molecule has 0 aliphatic carbocycles. The first-order chi connectivity index (χ1) is 10.6. The molecule has 0 aliphatic heterocycles. The summed E-state index contributed by atoms with van der Waals surface area (Å²) in [4.78, 5) is 12.9. The lowest BCUT2D eigenvalue weighted by molar-refractivity contribution is 0.103. The lowest BCUT2D eigenvalue weighted by atomic mass is 10.2. The van der Waals surface area contributed by atoms with Crippen molar-refractivity contribution >= 4 is 50.3 Å². The quantitative estimate of drug-likeness (QED) is 0.699. The second kappa shape index (κ2) is 5.87. The van der Waals surface area contributed by atoms with Crippen molar-refractivity contribution < 1.29 is 9.53 Å². The molecule has 0 saturated heterocycles. The van der Waals surface area contributed by atoms with Gasteiger partial charge in [-0.1, -0.05) is 29.8 Å². The minimum Gasteiger partial charge on any atom is -0.497 e. The van der Waals surface area contributed by atoms with Gasteiger partial charge >= 0.3 is 0 Å². The maximum absolute atomic E-state index is 12.4. The topological polar surface area (TPSA) is 64.3 Å². The van der Waals surface area contributed by atoms with E-state index in [4.69, 9.17) is 22.1 Å². The Hall–Kier alpha value is -2.24. The summed E-state index contributed by atoms with van der Waals surface area (Å²) in [6, 6.07) is 12.7. The molecule has 6 heteroatoms. The number of fused-ring (bicyclic) bond motifs is 1. The van der Waals surface area contributed by atoms with E-state index < -0.39 is 0 Å². The number of carbonyl (C=O) groups is 1. The number of benzene rings is 2. The summed E-state index contributed by atoms with van der Waals surface area (Å²) in [7, 11) is 1.56. The fourth-order valence-corrected chi connectivity index (χ4v) is 3.53. The van der Waals surface area contributed by atoms with Gasteiger partial charge in [-0.05, 0) is 18.2 Å². The van der Waals surface area contributed by atoms with Crippen LogP contribution < -0.4 is 15.8 Å². The summed E-state index contributed by atoms with van der Waals surface area (Å²) >= 11 is 7.66. The molecule has 0 bridgehead atoms. The predicted octanol–water partition coefficient (Wildman–Crippen LogP) is 4.40. The third-order valence-electron chi connectivity index (χ3n) is 3.25. The molecule has 2 aromatic carbocycles. The van der Waals surface area contributed by atoms with E-state index in [-0.39, 0.29) is 5.91 Å². The van der Waals surface area contributed by atoms with Gasteiger partial charge in [0.15, 0.2) is 0 Å². The lowest BCUT2D eigenvalue weighted by Crippen LogP contribution is -2.12. The van der Waals surface area contributed by atoms with Gasteiger partial charge < -0.3 is 15.8 Å². The zero-order chi connectivity index (χ0) is 15.7. The molecule has 0 unspecified atom stereocenters. The molecule has 0 radical (unpaired) electrons. The van der Waals surface area contributed by atoms with Gasteiger partial charge in [-0.25, -0.2) is 0 Å². The minimum absolute atomic E-state index is 0.275. The van der Waals surface area contributed by atoms with Crippen LogP contribution >= 0.6 is 22.9 Å². The standard InChI is InChI=1S/C16H13ClN2O2S/c1-21-9-6-7-12(11(18)8-9)19-16(20)15-14(17)10-4-2-3-5-13(10)22-15/h2-8H,18H2,1H3,(H,19,20). The van der Waals surface area contributed by atoms with Gasteiger partial charge in [0, 0.05) is 16.2 Å². The van der Waals surface area contributed by atoms with Crippen molar-refractivity contribution in [2.45, 2.75) is 0 Å². The second-order valence-electron chi connectivity index (χ2n) is 4.65. The number of anilines is 2. The molecular weight excluding hydrogens is 320 g/mol. The Morgan fingerprint density at radius 1 is 1.27 bits per heavy atom. The van der Waals surface area contributed by atoms with Crippen molar-refractivity contribution in [2.75, 3.05) is 18.2 Å². The van der Waals surface area contributed by atoms with E-state index in [9.17, 15) is 4.79 Å². The highest BCUT2D eigenvalue weighted by atomic mass is 35.5. The van der Waals surface area contributed by atoms with Gasteiger partial charge in [0.1, 0.15) is 10.6 Å². The van der Waals surface area contributed by atoms with Crippen LogP contribution in [0.1, 0.15) is 9.67 Å². The molecule has 1 heterocycles. The Kier molecular flexibility index (Phi) is 3.92. The number of amides is 1. The van der Waals surface area contributed by atoms with Crippen molar-refractivity contribution in [3.8, 4) is 5.75 Å². The van der Waals surface area contributed by atoms with Crippen LogP contribution in [0, 0.1) is 0 Å². The SMILES string of the molecule is COc1ccc(NC(=O)c2sc3ccccc3c2Cl)c(N)c1. The Labute approximate surface area is 136 Å². The molecule has 3 rings (SSSR count). The van der Waals surface area contributed by atoms with Crippen molar-refractivity contribution in [3.05, 3.63) is 52.4 Å². The molecule has 112 valence electrons. The Bertz CT molecular complexity index is 860. The summed E-state index contributed by atoms with van der Waals surface area (Å²) in [6.45, 7) is 0. The number of halogens is 1. The Balaban J connectivity index is 1.92. The molecule has 4 nitrogen and oxygen atoms in total. The number of rotatable bonds is 3. The summed E-state index contributed by atoms with van der Waals surface area (Å²) in [6.07, 6.45) is 0. The first-order valence-electron chi connectivity index (χ1n) is 6.52. The molecule has 1 amide bonds. The Morgan fingerprint density at radius 2 is 2.05 bits per heavy atom. The summed E-state index contributed by atoms with van der Waals surface area (Å²) in [5.41, 5.74) is 6.87. The van der Waals surface area contributed by atoms with Gasteiger partial charge in [0.25, 0.3) is 5.91 Å². The highest BCUT2D eigenvalue weighted by Gasteiger charge is 2.17. The van der Waals surface area contributed by atoms with Gasteiger partial charge in [0.05, 0.1) is 23.5 Å². The molecule has 22 heavy (non-hydrogen) atoms. The number of thiophene rings is 1. The number of carbonyl (C=O) groups excluding carboxylic acids is 1. The van der Waals surface area contributed by atoms with Crippen LogP contribution in [0.15, 0.2) is 42.5 Å². The van der Waals surface area contributed by atoms with Gasteiger partial charge in [-0.3, -0.25) is 4.79 Å². The highest BCUT2D eigenvalue weighted by molar-refractivity contribution is 7.21. The van der Waals surface area contributed by atoms with Crippen LogP contribution in [-0.4, -0.2) is 13.0 Å². The predicted molar refractivity (Wildman–Crippen MR) is 92.2 cm³/mol. The number of methoxy groups -OCH3 is 1. The van der Waals surface area contributed by atoms with E-state index >= 15 is 0 Å². The fraction of sp³-hybridized carbons (Fsp3) is 0.0625. The van der Waals surface area contributed by atoms with Crippen LogP contribution in [0.25, 0.3) is 10.1 Å². The van der Waals surface area contributed by atoms with Crippen LogP contribution in [0.2, 0.25) is 5.02 Å². The van der Waals surface area contributed by atoms with Crippen LogP contribution in [0.4, 0.5) is 11.4 Å². The first kappa shape index (κ1) is 14.7. The smallest absolute Gasteiger partial charge is 0.267 e. The van der Waals surface area contributed by atoms with Crippen molar-refractivity contribution in [1.29, 1.82) is 0 Å². The molecule has 3 N–H and O–H groups in total. The van der Waals surface area contributed by atoms with Crippen molar-refractivity contribution in [1.82, 2.24) is 0 Å². The number of hydrogen-bond donors (Lipinski definition) is 2. The fourth-order valence-electron chi connectivity index (χ4n) is 2.12. The Morgan fingerprint density at radius 3 is 2.73 bits per heavy atom. The number of hydrogen-bond acceptors (Lipinski definition) is 4. The van der Waals surface area contributed by atoms with Gasteiger partial charge in [-0.15, -0.1) is 11.3 Å². The molecule has 0 spiro atoms. The molecule has 0 fully saturated rings. The van der Waals surface area contributed by atoms with E-state index in [2.05, 4.69) is 5.32 Å². The van der Waals surface area contributed by atoms with E-state index in [0.29, 0.717) is 27.0 Å². The largest absolute Gasteiger partial charge is 0.497 e. The molecule has 0 saturated carbocycles. The average Bonchev–Trinajstić information content (AvgIpc) is 2.87. The lowest BCUT2D eigenvalue weighted by Gasteiger charge is -2.09. The zero-order valence-electron chi connectivity index (χ0n) is 11.7. The maximum Gasteiger partial charge on any atom is 0.267 e. The van der Waals surface area contributed by atoms with E-state index in [0.717, 1.165) is 10.1 Å². The number of ether oxygens (including phenoxy) is 1. The number of nitrogens with two attached hydrogens (primary N) is 1. The summed E-state index contributed by atoms with van der Waals surface area (Å²) in [5.74, 6) is 0.360. The molecular formula is C16H13ClN2O2S. The van der Waals surface area contributed by atoms with E-state index in [1.165, 1.54) is 11.3 Å². The molecule has 3 aromatic rings. The third-order valence-corrected chi connectivity index (χ3v) is 4.92. The number of nitrogens with one attached hydrogen (secondary N) is 1. The van der Waals surface area contributed by atoms with E-state index in [1.807, 2.05) is 24.3 Å². The molecule has 0 atom stereocenters. The highest BCUT2D eigenvalue weighted by Crippen LogP contribution is 2.36. The van der Waals surface area contributed by atoms with Crippen LogP contribution in [0.3, 0.4) is 0 Å². The van der Waals surface area contributed by atoms with E-state index in [1.54, 1.807) is 25.3 Å². The zero-order valence-corrected chi connectivity index (χ0v) is 13.3. The van der Waals surface area contributed by atoms with Gasteiger partial charge in [-0.2, -0.15) is 0 Å². The maximum atomic E-state index is 12.4. The minimum atomic E-state index is -0.275. The van der Waals surface area contributed by atoms with Crippen molar-refractivity contribution in [3.63, 3.8) is 0 Å². The third kappa shape index (κ3) is 2.61. The molecule has 1 aromatic heterocycles. The normalized spacial score (nSPS) is 10.6. The summed E-state index contributed by atoms with van der Waals surface area (Å²) < 4.78 is 6.06.